The number of aromatic nitrogens is 4. The third kappa shape index (κ3) is 5.57. The van der Waals surface area contributed by atoms with Crippen molar-refractivity contribution in [1.82, 2.24) is 29.7 Å². The first-order valence-corrected chi connectivity index (χ1v) is 9.83. The second kappa shape index (κ2) is 9.56. The molecule has 2 amide bonds. The van der Waals surface area contributed by atoms with E-state index in [4.69, 9.17) is 0 Å². The quantitative estimate of drug-likeness (QED) is 0.477. The van der Waals surface area contributed by atoms with Crippen LogP contribution < -0.4 is 10.6 Å². The maximum absolute atomic E-state index is 12.1. The zero-order valence-corrected chi connectivity index (χ0v) is 16.6. The third-order valence-electron chi connectivity index (χ3n) is 4.80. The van der Waals surface area contributed by atoms with Gasteiger partial charge in [-0.1, -0.05) is 48.5 Å². The van der Waals surface area contributed by atoms with Crippen molar-refractivity contribution in [2.45, 2.75) is 26.2 Å². The number of hydrogen-bond acceptors (Lipinski definition) is 3. The van der Waals surface area contributed by atoms with Crippen LogP contribution in [0.2, 0.25) is 0 Å². The van der Waals surface area contributed by atoms with E-state index < -0.39 is 0 Å². The average Bonchev–Trinajstić information content (AvgIpc) is 3.47. The Bertz CT molecular complexity index is 953. The standard InChI is InChI=1S/C23H24N6O/c30-23(26-13-19-1-5-21(6-2-19)15-28-11-9-24-17-28)27-14-20-3-7-22(8-4-20)16-29-12-10-25-18-29/h1-12,17-18H,13-16H2,(H2,26,27,30). The lowest BCUT2D eigenvalue weighted by Crippen LogP contribution is -2.34. The van der Waals surface area contributed by atoms with Crippen molar-refractivity contribution >= 4 is 6.03 Å². The first-order valence-electron chi connectivity index (χ1n) is 9.83. The zero-order chi connectivity index (χ0) is 20.6. The lowest BCUT2D eigenvalue weighted by molar-refractivity contribution is 0.240. The van der Waals surface area contributed by atoms with Gasteiger partial charge < -0.3 is 19.8 Å². The van der Waals surface area contributed by atoms with Gasteiger partial charge in [0.25, 0.3) is 0 Å². The number of carbonyl (C=O) groups is 1. The Morgan fingerprint density at radius 3 is 1.43 bits per heavy atom. The molecular weight excluding hydrogens is 376 g/mol. The molecule has 0 saturated carbocycles. The van der Waals surface area contributed by atoms with Gasteiger partial charge in [-0.15, -0.1) is 0 Å². The third-order valence-corrected chi connectivity index (χ3v) is 4.80. The highest BCUT2D eigenvalue weighted by atomic mass is 16.2. The molecule has 0 atom stereocenters. The molecule has 0 aliphatic rings. The highest BCUT2D eigenvalue weighted by molar-refractivity contribution is 5.73. The number of carbonyl (C=O) groups excluding carboxylic acids is 1. The second-order valence-corrected chi connectivity index (χ2v) is 7.14. The largest absolute Gasteiger partial charge is 0.334 e. The first kappa shape index (κ1) is 19.4. The molecule has 0 fully saturated rings. The van der Waals surface area contributed by atoms with Gasteiger partial charge in [-0.2, -0.15) is 0 Å². The van der Waals surface area contributed by atoms with Gasteiger partial charge in [0.2, 0.25) is 0 Å². The summed E-state index contributed by atoms with van der Waals surface area (Å²) < 4.78 is 4.04. The molecule has 0 saturated heterocycles. The van der Waals surface area contributed by atoms with Gasteiger partial charge in [-0.3, -0.25) is 0 Å². The van der Waals surface area contributed by atoms with Crippen molar-refractivity contribution < 1.29 is 4.79 Å². The molecule has 0 aliphatic carbocycles. The van der Waals surface area contributed by atoms with Crippen LogP contribution in [-0.2, 0) is 26.2 Å². The monoisotopic (exact) mass is 400 g/mol. The van der Waals surface area contributed by atoms with Crippen LogP contribution >= 0.6 is 0 Å². The van der Waals surface area contributed by atoms with Crippen LogP contribution in [0.25, 0.3) is 0 Å². The molecule has 4 rings (SSSR count). The Kier molecular flexibility index (Phi) is 6.19. The maximum Gasteiger partial charge on any atom is 0.315 e. The Morgan fingerprint density at radius 2 is 1.07 bits per heavy atom. The van der Waals surface area contributed by atoms with Gasteiger partial charge in [0.05, 0.1) is 12.7 Å². The summed E-state index contributed by atoms with van der Waals surface area (Å²) in [5.41, 5.74) is 4.50. The van der Waals surface area contributed by atoms with Crippen LogP contribution in [0.3, 0.4) is 0 Å². The summed E-state index contributed by atoms with van der Waals surface area (Å²) >= 11 is 0. The summed E-state index contributed by atoms with van der Waals surface area (Å²) in [7, 11) is 0. The molecule has 2 N–H and O–H groups in total. The highest BCUT2D eigenvalue weighted by Gasteiger charge is 2.02. The summed E-state index contributed by atoms with van der Waals surface area (Å²) in [6.45, 7) is 2.55. The van der Waals surface area contributed by atoms with Gasteiger partial charge in [0.1, 0.15) is 0 Å². The summed E-state index contributed by atoms with van der Waals surface area (Å²) in [5.74, 6) is 0. The van der Waals surface area contributed by atoms with Crippen molar-refractivity contribution in [3.8, 4) is 0 Å². The molecule has 2 heterocycles. The molecule has 0 bridgehead atoms. The van der Waals surface area contributed by atoms with E-state index in [0.717, 1.165) is 24.2 Å². The van der Waals surface area contributed by atoms with Crippen LogP contribution in [0.15, 0.2) is 86.0 Å². The molecule has 30 heavy (non-hydrogen) atoms. The van der Waals surface area contributed by atoms with Crippen LogP contribution in [0.4, 0.5) is 4.79 Å². The van der Waals surface area contributed by atoms with Gasteiger partial charge in [-0.05, 0) is 22.3 Å². The van der Waals surface area contributed by atoms with Crippen LogP contribution in [0.1, 0.15) is 22.3 Å². The number of hydrogen-bond donors (Lipinski definition) is 2. The predicted octanol–water partition coefficient (Wildman–Crippen LogP) is 3.18. The second-order valence-electron chi connectivity index (χ2n) is 7.14. The molecule has 152 valence electrons. The normalized spacial score (nSPS) is 10.7. The minimum absolute atomic E-state index is 0.181. The van der Waals surface area contributed by atoms with Gasteiger partial charge in [0.15, 0.2) is 0 Å². The molecule has 0 unspecified atom stereocenters. The Hall–Kier alpha value is -3.87. The maximum atomic E-state index is 12.1. The number of imidazole rings is 2. The van der Waals surface area contributed by atoms with Gasteiger partial charge in [-0.25, -0.2) is 14.8 Å². The number of benzene rings is 2. The Balaban J connectivity index is 1.19. The van der Waals surface area contributed by atoms with E-state index in [1.165, 1.54) is 11.1 Å². The minimum atomic E-state index is -0.181. The van der Waals surface area contributed by atoms with Crippen LogP contribution in [0.5, 0.6) is 0 Å². The summed E-state index contributed by atoms with van der Waals surface area (Å²) in [4.78, 5) is 20.2. The first-order chi connectivity index (χ1) is 14.7. The highest BCUT2D eigenvalue weighted by Crippen LogP contribution is 2.08. The molecule has 0 aliphatic heterocycles. The van der Waals surface area contributed by atoms with E-state index in [9.17, 15) is 4.79 Å². The molecular formula is C23H24N6O. The number of nitrogens with zero attached hydrogens (tertiary/aromatic N) is 4. The molecule has 2 aromatic heterocycles. The van der Waals surface area contributed by atoms with Crippen molar-refractivity contribution in [2.24, 2.45) is 0 Å². The van der Waals surface area contributed by atoms with E-state index in [0.29, 0.717) is 13.1 Å². The molecule has 0 spiro atoms. The van der Waals surface area contributed by atoms with Crippen molar-refractivity contribution in [2.75, 3.05) is 0 Å². The SMILES string of the molecule is O=C(NCc1ccc(Cn2ccnc2)cc1)NCc1ccc(Cn2ccnc2)cc1. The van der Waals surface area contributed by atoms with Crippen LogP contribution in [0, 0.1) is 0 Å². The molecule has 7 heteroatoms. The number of urea groups is 1. The van der Waals surface area contributed by atoms with Gasteiger partial charge >= 0.3 is 6.03 Å². The van der Waals surface area contributed by atoms with Crippen LogP contribution in [-0.4, -0.2) is 25.1 Å². The molecule has 7 nitrogen and oxygen atoms in total. The van der Waals surface area contributed by atoms with E-state index in [-0.39, 0.29) is 6.03 Å². The average molecular weight is 400 g/mol. The van der Waals surface area contributed by atoms with E-state index >= 15 is 0 Å². The summed E-state index contributed by atoms with van der Waals surface area (Å²) in [5, 5.41) is 5.80. The molecule has 4 aromatic rings. The number of amides is 2. The summed E-state index contributed by atoms with van der Waals surface area (Å²) in [6.07, 6.45) is 11.0. The Morgan fingerprint density at radius 1 is 0.667 bits per heavy atom. The van der Waals surface area contributed by atoms with E-state index in [1.807, 2.05) is 45.8 Å². The zero-order valence-electron chi connectivity index (χ0n) is 16.6. The smallest absolute Gasteiger partial charge is 0.315 e. The van der Waals surface area contributed by atoms with Gasteiger partial charge in [0, 0.05) is 51.0 Å². The fourth-order valence-corrected chi connectivity index (χ4v) is 3.13. The van der Waals surface area contributed by atoms with Crippen molar-refractivity contribution in [3.05, 3.63) is 108 Å². The minimum Gasteiger partial charge on any atom is -0.334 e. The van der Waals surface area contributed by atoms with E-state index in [1.54, 1.807) is 25.0 Å². The Labute approximate surface area is 175 Å². The number of rotatable bonds is 8. The fourth-order valence-electron chi connectivity index (χ4n) is 3.13. The predicted molar refractivity (Wildman–Crippen MR) is 115 cm³/mol. The van der Waals surface area contributed by atoms with Crippen molar-refractivity contribution in [1.29, 1.82) is 0 Å². The fraction of sp³-hybridized carbons (Fsp3) is 0.174. The molecule has 0 radical (unpaired) electrons. The topological polar surface area (TPSA) is 76.8 Å². The lowest BCUT2D eigenvalue weighted by Gasteiger charge is -2.09. The van der Waals surface area contributed by atoms with E-state index in [2.05, 4.69) is 44.9 Å². The van der Waals surface area contributed by atoms with Crippen molar-refractivity contribution in [3.63, 3.8) is 0 Å². The number of nitrogens with one attached hydrogen (secondary N) is 2. The summed E-state index contributed by atoms with van der Waals surface area (Å²) in [6, 6.07) is 16.2. The lowest BCUT2D eigenvalue weighted by atomic mass is 10.1. The molecule has 2 aromatic carbocycles.